The summed E-state index contributed by atoms with van der Waals surface area (Å²) in [5.41, 5.74) is 2.45. The van der Waals surface area contributed by atoms with Crippen LogP contribution in [-0.4, -0.2) is 36.0 Å². The van der Waals surface area contributed by atoms with Gasteiger partial charge in [0.15, 0.2) is 6.10 Å². The van der Waals surface area contributed by atoms with E-state index in [1.165, 1.54) is 0 Å². The Morgan fingerprint density at radius 3 is 2.83 bits per heavy atom. The molecular weight excluding hydrogens is 368 g/mol. The molecule has 0 spiro atoms. The van der Waals surface area contributed by atoms with E-state index in [9.17, 15) is 9.59 Å². The lowest BCUT2D eigenvalue weighted by Crippen LogP contribution is -2.42. The first-order chi connectivity index (χ1) is 13.9. The highest BCUT2D eigenvalue weighted by Gasteiger charge is 2.30. The molecule has 2 aromatic carbocycles. The first kappa shape index (κ1) is 20.7. The van der Waals surface area contributed by atoms with Crippen LogP contribution >= 0.6 is 0 Å². The van der Waals surface area contributed by atoms with Gasteiger partial charge in [-0.05, 0) is 56.2 Å². The Hall–Kier alpha value is -3.02. The lowest BCUT2D eigenvalue weighted by Gasteiger charge is -2.28. The molecule has 0 aliphatic carbocycles. The van der Waals surface area contributed by atoms with Crippen molar-refractivity contribution < 1.29 is 19.1 Å². The van der Waals surface area contributed by atoms with Gasteiger partial charge < -0.3 is 19.7 Å². The van der Waals surface area contributed by atoms with Gasteiger partial charge in [0, 0.05) is 23.8 Å². The van der Waals surface area contributed by atoms with Crippen molar-refractivity contribution in [1.29, 1.82) is 0 Å². The Balaban J connectivity index is 1.75. The van der Waals surface area contributed by atoms with Crippen molar-refractivity contribution in [2.75, 3.05) is 12.4 Å². The van der Waals surface area contributed by atoms with Gasteiger partial charge in [0.2, 0.25) is 5.91 Å². The van der Waals surface area contributed by atoms with Crippen LogP contribution in [0.2, 0.25) is 0 Å². The van der Waals surface area contributed by atoms with Gasteiger partial charge in [-0.15, -0.1) is 0 Å². The van der Waals surface area contributed by atoms with Gasteiger partial charge in [-0.25, -0.2) is 0 Å². The summed E-state index contributed by atoms with van der Waals surface area (Å²) in [7, 11) is 1.60. The van der Waals surface area contributed by atoms with Gasteiger partial charge >= 0.3 is 0 Å². The fraction of sp³-hybridized carbons (Fsp3) is 0.391. The number of hydrogen-bond acceptors (Lipinski definition) is 4. The monoisotopic (exact) mass is 396 g/mol. The van der Waals surface area contributed by atoms with Gasteiger partial charge in [0.25, 0.3) is 5.91 Å². The van der Waals surface area contributed by atoms with E-state index in [-0.39, 0.29) is 24.3 Å². The third-order valence-electron chi connectivity index (χ3n) is 5.24. The summed E-state index contributed by atoms with van der Waals surface area (Å²) in [6, 6.07) is 13.1. The largest absolute Gasteiger partial charge is 0.497 e. The average molecular weight is 396 g/mol. The summed E-state index contributed by atoms with van der Waals surface area (Å²) in [4.78, 5) is 27.0. The molecule has 1 aliphatic rings. The second kappa shape index (κ2) is 8.99. The van der Waals surface area contributed by atoms with Gasteiger partial charge in [-0.1, -0.05) is 19.1 Å². The van der Waals surface area contributed by atoms with E-state index in [0.717, 1.165) is 23.3 Å². The molecule has 154 valence electrons. The van der Waals surface area contributed by atoms with Gasteiger partial charge in [0.1, 0.15) is 11.5 Å². The molecule has 29 heavy (non-hydrogen) atoms. The van der Waals surface area contributed by atoms with E-state index >= 15 is 0 Å². The highest BCUT2D eigenvalue weighted by atomic mass is 16.5. The summed E-state index contributed by atoms with van der Waals surface area (Å²) in [5, 5.41) is 2.94. The van der Waals surface area contributed by atoms with E-state index in [1.807, 2.05) is 48.2 Å². The van der Waals surface area contributed by atoms with Crippen molar-refractivity contribution in [2.45, 2.75) is 52.3 Å². The second-order valence-electron chi connectivity index (χ2n) is 7.38. The number of ether oxygens (including phenoxy) is 2. The molecule has 0 bridgehead atoms. The first-order valence-electron chi connectivity index (χ1n) is 9.94. The molecule has 6 heteroatoms. The Kier molecular flexibility index (Phi) is 6.42. The van der Waals surface area contributed by atoms with Crippen LogP contribution in [0.25, 0.3) is 0 Å². The van der Waals surface area contributed by atoms with Crippen LogP contribution in [0.1, 0.15) is 38.3 Å². The standard InChI is InChI=1S/C23H28N2O4/c1-5-15(2)25-14-18-13-19(9-10-21(18)29-16(3)23(25)27)24-22(26)12-17-7-6-8-20(11-17)28-4/h6-11,13,15-16H,5,12,14H2,1-4H3,(H,24,26)/t15-,16+/m0/s1. The van der Waals surface area contributed by atoms with E-state index in [1.54, 1.807) is 20.1 Å². The molecule has 0 saturated heterocycles. The van der Waals surface area contributed by atoms with E-state index in [0.29, 0.717) is 18.0 Å². The lowest BCUT2D eigenvalue weighted by molar-refractivity contribution is -0.139. The van der Waals surface area contributed by atoms with E-state index in [2.05, 4.69) is 12.2 Å². The molecule has 6 nitrogen and oxygen atoms in total. The third-order valence-corrected chi connectivity index (χ3v) is 5.24. The molecule has 0 fully saturated rings. The molecule has 1 heterocycles. The molecule has 3 rings (SSSR count). The zero-order chi connectivity index (χ0) is 21.0. The number of carbonyl (C=O) groups is 2. The number of fused-ring (bicyclic) bond motifs is 1. The van der Waals surface area contributed by atoms with Gasteiger partial charge in [0.05, 0.1) is 13.5 Å². The molecule has 2 atom stereocenters. The van der Waals surface area contributed by atoms with Crippen molar-refractivity contribution in [1.82, 2.24) is 4.90 Å². The SMILES string of the molecule is CC[C@H](C)N1Cc2cc(NC(=O)Cc3cccc(OC)c3)ccc2O[C@H](C)C1=O. The molecular formula is C23H28N2O4. The Labute approximate surface area is 171 Å². The smallest absolute Gasteiger partial charge is 0.263 e. The Morgan fingerprint density at radius 2 is 2.10 bits per heavy atom. The number of benzene rings is 2. The Morgan fingerprint density at radius 1 is 1.31 bits per heavy atom. The van der Waals surface area contributed by atoms with Crippen molar-refractivity contribution in [3.63, 3.8) is 0 Å². The molecule has 0 radical (unpaired) electrons. The van der Waals surface area contributed by atoms with Crippen molar-refractivity contribution in [2.24, 2.45) is 0 Å². The van der Waals surface area contributed by atoms with Crippen molar-refractivity contribution >= 4 is 17.5 Å². The quantitative estimate of drug-likeness (QED) is 0.807. The number of amides is 2. The average Bonchev–Trinajstić information content (AvgIpc) is 2.84. The van der Waals surface area contributed by atoms with Crippen LogP contribution in [0, 0.1) is 0 Å². The summed E-state index contributed by atoms with van der Waals surface area (Å²) in [6.07, 6.45) is 0.586. The summed E-state index contributed by atoms with van der Waals surface area (Å²) in [6.45, 7) is 6.34. The minimum Gasteiger partial charge on any atom is -0.497 e. The summed E-state index contributed by atoms with van der Waals surface area (Å²) in [5.74, 6) is 1.28. The second-order valence-corrected chi connectivity index (χ2v) is 7.38. The van der Waals surface area contributed by atoms with Crippen LogP contribution in [-0.2, 0) is 22.6 Å². The minimum atomic E-state index is -0.529. The number of nitrogens with zero attached hydrogens (tertiary/aromatic N) is 1. The number of hydrogen-bond donors (Lipinski definition) is 1. The zero-order valence-corrected chi connectivity index (χ0v) is 17.4. The van der Waals surface area contributed by atoms with E-state index in [4.69, 9.17) is 9.47 Å². The highest BCUT2D eigenvalue weighted by Crippen LogP contribution is 2.30. The van der Waals surface area contributed by atoms with E-state index < -0.39 is 6.10 Å². The number of nitrogens with one attached hydrogen (secondary N) is 1. The molecule has 2 aromatic rings. The number of anilines is 1. The van der Waals surface area contributed by atoms with Crippen LogP contribution in [0.3, 0.4) is 0 Å². The number of carbonyl (C=O) groups excluding carboxylic acids is 2. The van der Waals surface area contributed by atoms with Gasteiger partial charge in [-0.2, -0.15) is 0 Å². The minimum absolute atomic E-state index is 0.0147. The van der Waals surface area contributed by atoms with Crippen molar-refractivity contribution in [3.05, 3.63) is 53.6 Å². The first-order valence-corrected chi connectivity index (χ1v) is 9.94. The number of rotatable bonds is 6. The predicted molar refractivity (Wildman–Crippen MR) is 112 cm³/mol. The maximum Gasteiger partial charge on any atom is 0.263 e. The topological polar surface area (TPSA) is 67.9 Å². The van der Waals surface area contributed by atoms with Crippen LogP contribution in [0.5, 0.6) is 11.5 Å². The molecule has 0 unspecified atom stereocenters. The molecule has 0 saturated carbocycles. The predicted octanol–water partition coefficient (Wildman–Crippen LogP) is 3.78. The molecule has 1 N–H and O–H groups in total. The fourth-order valence-electron chi connectivity index (χ4n) is 3.40. The highest BCUT2D eigenvalue weighted by molar-refractivity contribution is 5.92. The Bertz CT molecular complexity index is 896. The maximum atomic E-state index is 12.7. The van der Waals surface area contributed by atoms with Crippen LogP contribution in [0.15, 0.2) is 42.5 Å². The normalized spacial score (nSPS) is 17.0. The van der Waals surface area contributed by atoms with Crippen LogP contribution < -0.4 is 14.8 Å². The van der Waals surface area contributed by atoms with Crippen molar-refractivity contribution in [3.8, 4) is 11.5 Å². The lowest BCUT2D eigenvalue weighted by atomic mass is 10.1. The molecule has 2 amide bonds. The maximum absolute atomic E-state index is 12.7. The summed E-state index contributed by atoms with van der Waals surface area (Å²) < 4.78 is 11.1. The van der Waals surface area contributed by atoms with Crippen LogP contribution in [0.4, 0.5) is 5.69 Å². The third kappa shape index (κ3) is 4.88. The number of methoxy groups -OCH3 is 1. The zero-order valence-electron chi connectivity index (χ0n) is 17.4. The van der Waals surface area contributed by atoms with Gasteiger partial charge in [-0.3, -0.25) is 9.59 Å². The fourth-order valence-corrected chi connectivity index (χ4v) is 3.40. The molecule has 0 aromatic heterocycles. The summed E-state index contributed by atoms with van der Waals surface area (Å²) >= 11 is 0. The molecule has 1 aliphatic heterocycles.